The molecule has 1 aliphatic heterocycles. The number of carboxylic acids is 1. The highest BCUT2D eigenvalue weighted by atomic mass is 32.1. The third-order valence-electron chi connectivity index (χ3n) is 4.47. The number of hydrogen-bond donors (Lipinski definition) is 2. The fourth-order valence-corrected chi connectivity index (χ4v) is 4.63. The number of aromatic nitrogens is 4. The summed E-state index contributed by atoms with van der Waals surface area (Å²) < 4.78 is 4.29. The number of thiazole rings is 1. The Morgan fingerprint density at radius 2 is 2.24 bits per heavy atom. The van der Waals surface area contributed by atoms with Crippen molar-refractivity contribution in [2.24, 2.45) is 0 Å². The van der Waals surface area contributed by atoms with Crippen molar-refractivity contribution >= 4 is 28.8 Å². The molecular weight excluding hydrogens is 358 g/mol. The molecule has 25 heavy (non-hydrogen) atoms. The van der Waals surface area contributed by atoms with Crippen LogP contribution in [-0.4, -0.2) is 35.9 Å². The van der Waals surface area contributed by atoms with Crippen molar-refractivity contribution in [2.45, 2.75) is 30.3 Å². The van der Waals surface area contributed by atoms with Gasteiger partial charge in [-0.2, -0.15) is 4.37 Å². The number of hydrogen-bond acceptors (Lipinski definition) is 8. The predicted molar refractivity (Wildman–Crippen MR) is 93.6 cm³/mol. The number of carbonyl (C=O) groups is 1. The molecule has 1 saturated heterocycles. The molecule has 0 radical (unpaired) electrons. The van der Waals surface area contributed by atoms with E-state index in [2.05, 4.69) is 24.6 Å². The molecule has 3 aromatic heterocycles. The van der Waals surface area contributed by atoms with Crippen molar-refractivity contribution in [2.75, 3.05) is 0 Å². The SMILES string of the molecule is O=C(O)[C@]1(Cc2ccsn2)C[C@H](c2cnccn2)[C@H](c2nccs2)N1. The fourth-order valence-electron chi connectivity index (χ4n) is 3.34. The van der Waals surface area contributed by atoms with Gasteiger partial charge in [-0.25, -0.2) is 4.98 Å². The molecule has 3 atom stereocenters. The van der Waals surface area contributed by atoms with Gasteiger partial charge in [0.05, 0.1) is 17.4 Å². The Morgan fingerprint density at radius 3 is 2.88 bits per heavy atom. The minimum absolute atomic E-state index is 0.116. The van der Waals surface area contributed by atoms with Gasteiger partial charge in [-0.15, -0.1) is 11.3 Å². The molecule has 0 unspecified atom stereocenters. The summed E-state index contributed by atoms with van der Waals surface area (Å²) in [5.41, 5.74) is 0.446. The molecule has 0 saturated carbocycles. The van der Waals surface area contributed by atoms with E-state index in [4.69, 9.17) is 0 Å². The van der Waals surface area contributed by atoms with Gasteiger partial charge in [-0.05, 0) is 24.0 Å². The van der Waals surface area contributed by atoms with E-state index in [1.165, 1.54) is 22.9 Å². The van der Waals surface area contributed by atoms with Crippen LogP contribution in [0.25, 0.3) is 0 Å². The highest BCUT2D eigenvalue weighted by Gasteiger charge is 2.52. The Morgan fingerprint density at radius 1 is 1.32 bits per heavy atom. The third kappa shape index (κ3) is 3.06. The second-order valence-corrected chi connectivity index (χ2v) is 7.58. The summed E-state index contributed by atoms with van der Waals surface area (Å²) >= 11 is 2.84. The van der Waals surface area contributed by atoms with E-state index < -0.39 is 11.5 Å². The van der Waals surface area contributed by atoms with Crippen LogP contribution in [0.1, 0.15) is 34.8 Å². The summed E-state index contributed by atoms with van der Waals surface area (Å²) in [5.74, 6) is -0.997. The summed E-state index contributed by atoms with van der Waals surface area (Å²) in [4.78, 5) is 25.2. The van der Waals surface area contributed by atoms with Gasteiger partial charge in [0.1, 0.15) is 10.5 Å². The maximum atomic E-state index is 12.2. The van der Waals surface area contributed by atoms with Gasteiger partial charge in [-0.1, -0.05) is 0 Å². The van der Waals surface area contributed by atoms with Gasteiger partial charge in [0.25, 0.3) is 0 Å². The van der Waals surface area contributed by atoms with Crippen LogP contribution in [-0.2, 0) is 11.2 Å². The first-order valence-electron chi connectivity index (χ1n) is 7.74. The molecule has 0 aromatic carbocycles. The first-order chi connectivity index (χ1) is 12.2. The minimum Gasteiger partial charge on any atom is -0.480 e. The highest BCUT2D eigenvalue weighted by molar-refractivity contribution is 7.09. The van der Waals surface area contributed by atoms with Gasteiger partial charge >= 0.3 is 5.97 Å². The Kier molecular flexibility index (Phi) is 4.28. The van der Waals surface area contributed by atoms with E-state index in [-0.39, 0.29) is 12.0 Å². The molecule has 9 heteroatoms. The molecule has 0 aliphatic carbocycles. The molecule has 2 N–H and O–H groups in total. The van der Waals surface area contributed by atoms with Gasteiger partial charge in [0, 0.05) is 47.9 Å². The number of carboxylic acid groups (broad SMARTS) is 1. The lowest BCUT2D eigenvalue weighted by Gasteiger charge is -2.24. The highest BCUT2D eigenvalue weighted by Crippen LogP contribution is 2.45. The molecule has 0 bridgehead atoms. The predicted octanol–water partition coefficient (Wildman–Crippen LogP) is 2.27. The summed E-state index contributed by atoms with van der Waals surface area (Å²) in [6, 6.07) is 1.65. The van der Waals surface area contributed by atoms with Gasteiger partial charge in [-0.3, -0.25) is 20.1 Å². The maximum absolute atomic E-state index is 12.2. The third-order valence-corrected chi connectivity index (χ3v) is 5.92. The van der Waals surface area contributed by atoms with Crippen LogP contribution in [0.2, 0.25) is 0 Å². The lowest BCUT2D eigenvalue weighted by molar-refractivity contribution is -0.144. The minimum atomic E-state index is -1.10. The van der Waals surface area contributed by atoms with E-state index >= 15 is 0 Å². The van der Waals surface area contributed by atoms with E-state index in [9.17, 15) is 9.90 Å². The number of aliphatic carboxylic acids is 1. The van der Waals surface area contributed by atoms with E-state index in [0.29, 0.717) is 12.8 Å². The number of rotatable bonds is 5. The normalized spacial score (nSPS) is 25.9. The first-order valence-corrected chi connectivity index (χ1v) is 9.45. The van der Waals surface area contributed by atoms with Crippen LogP contribution in [0.15, 0.2) is 41.6 Å². The van der Waals surface area contributed by atoms with Gasteiger partial charge < -0.3 is 5.11 Å². The molecular formula is C16H15N5O2S2. The van der Waals surface area contributed by atoms with Crippen molar-refractivity contribution in [3.05, 3.63) is 58.0 Å². The van der Waals surface area contributed by atoms with Crippen molar-refractivity contribution in [3.8, 4) is 0 Å². The quantitative estimate of drug-likeness (QED) is 0.707. The summed E-state index contributed by atoms with van der Waals surface area (Å²) in [6.07, 6.45) is 7.41. The molecule has 128 valence electrons. The van der Waals surface area contributed by atoms with E-state index in [1.807, 2.05) is 16.8 Å². The van der Waals surface area contributed by atoms with Crippen LogP contribution in [0.4, 0.5) is 0 Å². The largest absolute Gasteiger partial charge is 0.480 e. The Hall–Kier alpha value is -2.23. The van der Waals surface area contributed by atoms with Gasteiger partial charge in [0.15, 0.2) is 0 Å². The van der Waals surface area contributed by atoms with Crippen molar-refractivity contribution in [3.63, 3.8) is 0 Å². The molecule has 0 amide bonds. The van der Waals surface area contributed by atoms with Crippen molar-refractivity contribution in [1.82, 2.24) is 24.6 Å². The average Bonchev–Trinajstić information content (AvgIpc) is 3.37. The second kappa shape index (κ2) is 6.58. The first kappa shape index (κ1) is 16.2. The molecule has 3 aromatic rings. The lowest BCUT2D eigenvalue weighted by Crippen LogP contribution is -2.50. The Labute approximate surface area is 152 Å². The molecule has 7 nitrogen and oxygen atoms in total. The maximum Gasteiger partial charge on any atom is 0.324 e. The lowest BCUT2D eigenvalue weighted by atomic mass is 9.86. The summed E-state index contributed by atoms with van der Waals surface area (Å²) in [7, 11) is 0. The zero-order valence-corrected chi connectivity index (χ0v) is 14.7. The van der Waals surface area contributed by atoms with Crippen LogP contribution in [0, 0.1) is 0 Å². The topological polar surface area (TPSA) is 101 Å². The summed E-state index contributed by atoms with van der Waals surface area (Å²) in [6.45, 7) is 0. The zero-order chi connectivity index (χ0) is 17.3. The molecule has 1 aliphatic rings. The Balaban J connectivity index is 1.73. The van der Waals surface area contributed by atoms with Crippen LogP contribution < -0.4 is 5.32 Å². The smallest absolute Gasteiger partial charge is 0.324 e. The molecule has 0 spiro atoms. The van der Waals surface area contributed by atoms with E-state index in [0.717, 1.165) is 16.4 Å². The monoisotopic (exact) mass is 373 g/mol. The van der Waals surface area contributed by atoms with Crippen molar-refractivity contribution < 1.29 is 9.90 Å². The van der Waals surface area contributed by atoms with Gasteiger partial charge in [0.2, 0.25) is 0 Å². The van der Waals surface area contributed by atoms with Crippen LogP contribution in [0.3, 0.4) is 0 Å². The van der Waals surface area contributed by atoms with E-state index in [1.54, 1.807) is 24.8 Å². The molecule has 1 fully saturated rings. The Bertz CT molecular complexity index is 841. The zero-order valence-electron chi connectivity index (χ0n) is 13.1. The average molecular weight is 373 g/mol. The second-order valence-electron chi connectivity index (χ2n) is 5.99. The molecule has 4 rings (SSSR count). The van der Waals surface area contributed by atoms with Crippen LogP contribution >= 0.6 is 22.9 Å². The van der Waals surface area contributed by atoms with Crippen molar-refractivity contribution in [1.29, 1.82) is 0 Å². The summed E-state index contributed by atoms with van der Waals surface area (Å²) in [5, 5.41) is 18.0. The fraction of sp³-hybridized carbons (Fsp3) is 0.312. The van der Waals surface area contributed by atoms with Crippen LogP contribution in [0.5, 0.6) is 0 Å². The number of nitrogens with one attached hydrogen (secondary N) is 1. The molecule has 4 heterocycles. The number of nitrogens with zero attached hydrogens (tertiary/aromatic N) is 4. The standard InChI is InChI=1S/C16H15N5O2S2/c22-15(23)16(7-10-1-5-25-21-10)8-11(12-9-17-2-3-18-12)13(20-16)14-19-4-6-24-14/h1-6,9,11,13,20H,7-8H2,(H,22,23)/t11-,13-,16+/m1/s1.